The number of nitrogens with one attached hydrogen (secondary N) is 1. The summed E-state index contributed by atoms with van der Waals surface area (Å²) in [5.74, 6) is -1.34. The van der Waals surface area contributed by atoms with Crippen LogP contribution in [0.5, 0.6) is 11.5 Å². The van der Waals surface area contributed by atoms with Crippen molar-refractivity contribution in [2.24, 2.45) is 5.73 Å². The average Bonchev–Trinajstić information content (AvgIpc) is 3.26. The Hall–Kier alpha value is -3.14. The molecule has 32 heavy (non-hydrogen) atoms. The molecule has 0 aliphatic carbocycles. The Morgan fingerprint density at radius 3 is 2.47 bits per heavy atom. The van der Waals surface area contributed by atoms with Gasteiger partial charge in [0.15, 0.2) is 18.1 Å². The molecular weight excluding hydrogens is 451 g/mol. The first-order valence-corrected chi connectivity index (χ1v) is 10.0. The van der Waals surface area contributed by atoms with Gasteiger partial charge in [-0.3, -0.25) is 9.59 Å². The van der Waals surface area contributed by atoms with Crippen molar-refractivity contribution in [3.8, 4) is 11.5 Å². The van der Waals surface area contributed by atoms with Crippen molar-refractivity contribution in [3.05, 3.63) is 46.5 Å². The van der Waals surface area contributed by atoms with Crippen molar-refractivity contribution in [1.29, 1.82) is 0 Å². The van der Waals surface area contributed by atoms with Gasteiger partial charge in [0.1, 0.15) is 0 Å². The number of amides is 2. The summed E-state index contributed by atoms with van der Waals surface area (Å²) in [6.07, 6.45) is -2.74. The van der Waals surface area contributed by atoms with Gasteiger partial charge in [-0.05, 0) is 43.2 Å². The molecule has 0 saturated carbocycles. The number of benzene rings is 2. The smallest absolute Gasteiger partial charge is 0.416 e. The molecule has 11 heteroatoms. The molecule has 1 fully saturated rings. The number of anilines is 2. The van der Waals surface area contributed by atoms with Gasteiger partial charge in [0.2, 0.25) is 0 Å². The van der Waals surface area contributed by atoms with Crippen molar-refractivity contribution in [3.63, 3.8) is 0 Å². The van der Waals surface area contributed by atoms with E-state index in [1.807, 2.05) is 4.90 Å². The number of primary amides is 1. The average molecular weight is 472 g/mol. The first-order valence-electron chi connectivity index (χ1n) is 9.66. The molecule has 1 aliphatic rings. The van der Waals surface area contributed by atoms with Crippen LogP contribution in [-0.4, -0.2) is 38.6 Å². The standard InChI is InChI=1S/C21H21ClF3N3O4/c1-31-17-9-12(8-14(22)19(17)32-11-18(26)29)20(30)27-15-10-13(21(23,24)25)4-5-16(15)28-6-2-3-7-28/h4-5,8-10H,2-3,6-7,11H2,1H3,(H2,26,29)(H,27,30). The maximum absolute atomic E-state index is 13.3. The molecular formula is C21H21ClF3N3O4. The molecule has 1 saturated heterocycles. The van der Waals surface area contributed by atoms with E-state index in [1.54, 1.807) is 0 Å². The van der Waals surface area contributed by atoms with Crippen LogP contribution in [0.3, 0.4) is 0 Å². The molecule has 3 rings (SSSR count). The summed E-state index contributed by atoms with van der Waals surface area (Å²) >= 11 is 6.17. The van der Waals surface area contributed by atoms with Crippen molar-refractivity contribution in [2.75, 3.05) is 37.0 Å². The number of nitrogens with two attached hydrogens (primary N) is 1. The first-order chi connectivity index (χ1) is 15.1. The molecule has 0 bridgehead atoms. The molecule has 2 aromatic carbocycles. The van der Waals surface area contributed by atoms with Gasteiger partial charge in [0.05, 0.1) is 29.1 Å². The summed E-state index contributed by atoms with van der Waals surface area (Å²) in [6.45, 7) is 0.907. The van der Waals surface area contributed by atoms with Gasteiger partial charge in [-0.2, -0.15) is 13.2 Å². The number of halogens is 4. The van der Waals surface area contributed by atoms with Crippen molar-refractivity contribution in [1.82, 2.24) is 0 Å². The Labute approximate surface area is 187 Å². The van der Waals surface area contributed by atoms with E-state index < -0.39 is 30.2 Å². The van der Waals surface area contributed by atoms with Crippen LogP contribution in [0.1, 0.15) is 28.8 Å². The minimum atomic E-state index is -4.56. The van der Waals surface area contributed by atoms with Crippen molar-refractivity contribution < 1.29 is 32.2 Å². The fraction of sp³-hybridized carbons (Fsp3) is 0.333. The summed E-state index contributed by atoms with van der Waals surface area (Å²) in [6, 6.07) is 5.83. The van der Waals surface area contributed by atoms with E-state index in [-0.39, 0.29) is 27.8 Å². The Morgan fingerprint density at radius 2 is 1.88 bits per heavy atom. The zero-order valence-electron chi connectivity index (χ0n) is 17.1. The molecule has 0 spiro atoms. The summed E-state index contributed by atoms with van der Waals surface area (Å²) < 4.78 is 50.2. The van der Waals surface area contributed by atoms with Crippen molar-refractivity contribution in [2.45, 2.75) is 19.0 Å². The third kappa shape index (κ3) is 5.37. The van der Waals surface area contributed by atoms with Crippen LogP contribution in [0.2, 0.25) is 5.02 Å². The van der Waals surface area contributed by atoms with Crippen LogP contribution in [0, 0.1) is 0 Å². The lowest BCUT2D eigenvalue weighted by Crippen LogP contribution is -2.22. The van der Waals surface area contributed by atoms with E-state index in [2.05, 4.69) is 5.32 Å². The molecule has 3 N–H and O–H groups in total. The quantitative estimate of drug-likeness (QED) is 0.634. The second-order valence-corrected chi connectivity index (χ2v) is 7.53. The number of methoxy groups -OCH3 is 1. The fourth-order valence-electron chi connectivity index (χ4n) is 3.38. The van der Waals surface area contributed by atoms with Crippen LogP contribution in [0.15, 0.2) is 30.3 Å². The molecule has 1 aliphatic heterocycles. The Balaban J connectivity index is 1.93. The lowest BCUT2D eigenvalue weighted by molar-refractivity contribution is -0.137. The van der Waals surface area contributed by atoms with E-state index in [0.29, 0.717) is 18.8 Å². The molecule has 0 atom stereocenters. The SMILES string of the molecule is COc1cc(C(=O)Nc2cc(C(F)(F)F)ccc2N2CCCC2)cc(Cl)c1OCC(N)=O. The van der Waals surface area contributed by atoms with Gasteiger partial charge in [-0.15, -0.1) is 0 Å². The minimum Gasteiger partial charge on any atom is -0.493 e. The Morgan fingerprint density at radius 1 is 1.19 bits per heavy atom. The van der Waals surface area contributed by atoms with E-state index in [1.165, 1.54) is 25.3 Å². The maximum Gasteiger partial charge on any atom is 0.416 e. The highest BCUT2D eigenvalue weighted by atomic mass is 35.5. The normalized spacial score (nSPS) is 13.7. The number of nitrogens with zero attached hydrogens (tertiary/aromatic N) is 1. The number of rotatable bonds is 7. The summed E-state index contributed by atoms with van der Waals surface area (Å²) in [5, 5.41) is 2.53. The molecule has 2 amide bonds. The highest BCUT2D eigenvalue weighted by Gasteiger charge is 2.32. The molecule has 2 aromatic rings. The van der Waals surface area contributed by atoms with Gasteiger partial charge in [-0.25, -0.2) is 0 Å². The second kappa shape index (κ2) is 9.56. The van der Waals surface area contributed by atoms with E-state index in [4.69, 9.17) is 26.8 Å². The van der Waals surface area contributed by atoms with Gasteiger partial charge < -0.3 is 25.4 Å². The fourth-order valence-corrected chi connectivity index (χ4v) is 3.64. The van der Waals surface area contributed by atoms with Crippen LogP contribution < -0.4 is 25.4 Å². The van der Waals surface area contributed by atoms with E-state index >= 15 is 0 Å². The lowest BCUT2D eigenvalue weighted by Gasteiger charge is -2.23. The Bertz CT molecular complexity index is 1020. The monoisotopic (exact) mass is 471 g/mol. The minimum absolute atomic E-state index is 0.0151. The number of carbonyl (C=O) groups is 2. The van der Waals surface area contributed by atoms with Crippen LogP contribution >= 0.6 is 11.6 Å². The number of alkyl halides is 3. The first kappa shape index (κ1) is 23.5. The highest BCUT2D eigenvalue weighted by molar-refractivity contribution is 6.32. The highest BCUT2D eigenvalue weighted by Crippen LogP contribution is 2.39. The Kier molecular flexibility index (Phi) is 7.02. The summed E-state index contributed by atoms with van der Waals surface area (Å²) in [7, 11) is 1.31. The van der Waals surface area contributed by atoms with Gasteiger partial charge >= 0.3 is 6.18 Å². The molecule has 0 radical (unpaired) electrons. The molecule has 172 valence electrons. The van der Waals surface area contributed by atoms with Gasteiger partial charge in [0.25, 0.3) is 11.8 Å². The number of carbonyl (C=O) groups excluding carboxylic acids is 2. The third-order valence-corrected chi connectivity index (χ3v) is 5.15. The van der Waals surface area contributed by atoms with E-state index in [0.717, 1.165) is 25.0 Å². The maximum atomic E-state index is 13.3. The predicted molar refractivity (Wildman–Crippen MR) is 114 cm³/mol. The van der Waals surface area contributed by atoms with Crippen LogP contribution in [0.4, 0.5) is 24.5 Å². The van der Waals surface area contributed by atoms with E-state index in [9.17, 15) is 22.8 Å². The zero-order chi connectivity index (χ0) is 23.5. The van der Waals surface area contributed by atoms with Crippen molar-refractivity contribution >= 4 is 34.8 Å². The van der Waals surface area contributed by atoms with Gasteiger partial charge in [-0.1, -0.05) is 11.6 Å². The largest absolute Gasteiger partial charge is 0.493 e. The zero-order valence-corrected chi connectivity index (χ0v) is 17.8. The lowest BCUT2D eigenvalue weighted by atomic mass is 10.1. The summed E-state index contributed by atoms with van der Waals surface area (Å²) in [5.41, 5.74) is 4.76. The van der Waals surface area contributed by atoms with Crippen LogP contribution in [-0.2, 0) is 11.0 Å². The summed E-state index contributed by atoms with van der Waals surface area (Å²) in [4.78, 5) is 25.8. The number of hydrogen-bond donors (Lipinski definition) is 2. The van der Waals surface area contributed by atoms with Crippen LogP contribution in [0.25, 0.3) is 0 Å². The molecule has 7 nitrogen and oxygen atoms in total. The molecule has 0 unspecified atom stereocenters. The topological polar surface area (TPSA) is 93.9 Å². The third-order valence-electron chi connectivity index (χ3n) is 4.87. The predicted octanol–water partition coefficient (Wildman–Crippen LogP) is 4.08. The molecule has 1 heterocycles. The van der Waals surface area contributed by atoms with Gasteiger partial charge in [0, 0.05) is 18.7 Å². The number of hydrogen-bond acceptors (Lipinski definition) is 5. The molecule has 0 aromatic heterocycles. The number of ether oxygens (including phenoxy) is 2. The second-order valence-electron chi connectivity index (χ2n) is 7.12.